The molecule has 0 aliphatic carbocycles. The summed E-state index contributed by atoms with van der Waals surface area (Å²) in [6.07, 6.45) is 6.65. The summed E-state index contributed by atoms with van der Waals surface area (Å²) in [4.78, 5) is 16.8. The van der Waals surface area contributed by atoms with Crippen molar-refractivity contribution in [1.29, 1.82) is 0 Å². The van der Waals surface area contributed by atoms with Crippen molar-refractivity contribution in [3.8, 4) is 0 Å². The molecule has 2 saturated heterocycles. The van der Waals surface area contributed by atoms with Gasteiger partial charge in [-0.3, -0.25) is 4.98 Å². The smallest absolute Gasteiger partial charge is 0.407 e. The summed E-state index contributed by atoms with van der Waals surface area (Å²) in [6, 6.07) is 6.22. The molecule has 190 valence electrons. The van der Waals surface area contributed by atoms with Crippen LogP contribution in [0.1, 0.15) is 59.4 Å². The SMILES string of the molecule is CC(C)(C)OC(=O)N[C@@H]1CC[C@@H](C=Cc2ccnc3ccc(F)cc23)O[C@H]1C[C@@H]1COC(C)(C)O1. The van der Waals surface area contributed by atoms with Gasteiger partial charge in [-0.15, -0.1) is 0 Å². The van der Waals surface area contributed by atoms with Crippen LogP contribution in [0, 0.1) is 5.82 Å². The van der Waals surface area contributed by atoms with Crippen molar-refractivity contribution in [2.45, 2.75) is 89.6 Å². The Labute approximate surface area is 206 Å². The molecule has 7 nitrogen and oxygen atoms in total. The van der Waals surface area contributed by atoms with Crippen LogP contribution in [0.15, 0.2) is 36.5 Å². The number of rotatable bonds is 5. The van der Waals surface area contributed by atoms with Crippen molar-refractivity contribution >= 4 is 23.1 Å². The molecule has 1 amide bonds. The molecule has 1 N–H and O–H groups in total. The van der Waals surface area contributed by atoms with Gasteiger partial charge in [0, 0.05) is 18.0 Å². The molecular formula is C27H35FN2O5. The van der Waals surface area contributed by atoms with Crippen molar-refractivity contribution in [2.24, 2.45) is 0 Å². The van der Waals surface area contributed by atoms with Gasteiger partial charge in [-0.1, -0.05) is 12.2 Å². The van der Waals surface area contributed by atoms with E-state index < -0.39 is 17.5 Å². The van der Waals surface area contributed by atoms with Gasteiger partial charge in [0.25, 0.3) is 0 Å². The second-order valence-electron chi connectivity index (χ2n) is 10.7. The van der Waals surface area contributed by atoms with Crippen LogP contribution in [-0.2, 0) is 18.9 Å². The number of carbonyl (C=O) groups is 1. The number of hydrogen-bond donors (Lipinski definition) is 1. The van der Waals surface area contributed by atoms with Gasteiger partial charge in [-0.05, 0) is 77.3 Å². The zero-order chi connectivity index (χ0) is 25.2. The number of pyridine rings is 1. The fourth-order valence-corrected chi connectivity index (χ4v) is 4.54. The quantitative estimate of drug-likeness (QED) is 0.612. The zero-order valence-electron chi connectivity index (χ0n) is 21.0. The van der Waals surface area contributed by atoms with Crippen LogP contribution in [0.3, 0.4) is 0 Å². The molecule has 0 radical (unpaired) electrons. The molecule has 8 heteroatoms. The second kappa shape index (κ2) is 10.2. The summed E-state index contributed by atoms with van der Waals surface area (Å²) < 4.78 is 37.4. The largest absolute Gasteiger partial charge is 0.444 e. The summed E-state index contributed by atoms with van der Waals surface area (Å²) in [6.45, 7) is 9.76. The normalized spacial score (nSPS) is 26.8. The number of hydrogen-bond acceptors (Lipinski definition) is 6. The Bertz CT molecular complexity index is 1080. The Morgan fingerprint density at radius 2 is 2.09 bits per heavy atom. The number of nitrogens with one attached hydrogen (secondary N) is 1. The predicted molar refractivity (Wildman–Crippen MR) is 131 cm³/mol. The summed E-state index contributed by atoms with van der Waals surface area (Å²) in [5, 5.41) is 3.74. The van der Waals surface area contributed by atoms with E-state index in [2.05, 4.69) is 10.3 Å². The van der Waals surface area contributed by atoms with Gasteiger partial charge in [0.15, 0.2) is 5.79 Å². The second-order valence-corrected chi connectivity index (χ2v) is 10.7. The van der Waals surface area contributed by atoms with Crippen LogP contribution in [0.4, 0.5) is 9.18 Å². The molecule has 1 aromatic carbocycles. The molecule has 2 aliphatic rings. The number of halogens is 1. The number of benzene rings is 1. The first kappa shape index (κ1) is 25.5. The minimum absolute atomic E-state index is 0.132. The highest BCUT2D eigenvalue weighted by Crippen LogP contribution is 2.31. The van der Waals surface area contributed by atoms with Crippen LogP contribution >= 0.6 is 0 Å². The number of fused-ring (bicyclic) bond motifs is 1. The van der Waals surface area contributed by atoms with Crippen LogP contribution in [-0.4, -0.2) is 53.4 Å². The molecule has 0 unspecified atom stereocenters. The standard InChI is InChI=1S/C27H35FN2O5/c1-26(2,3)35-25(31)30-23-11-9-19(33-24(23)15-20-16-32-27(4,5)34-20)8-6-17-12-13-29-22-10-7-18(28)14-21(17)22/h6-8,10,12-14,19-20,23-24H,9,11,15-16H2,1-5H3,(H,30,31)/t19-,20-,23-,24+/m1/s1. The van der Waals surface area contributed by atoms with E-state index in [1.165, 1.54) is 12.1 Å². The highest BCUT2D eigenvalue weighted by atomic mass is 19.1. The van der Waals surface area contributed by atoms with E-state index in [0.717, 1.165) is 29.3 Å². The number of nitrogens with zero attached hydrogens (tertiary/aromatic N) is 1. The summed E-state index contributed by atoms with van der Waals surface area (Å²) >= 11 is 0. The molecule has 35 heavy (non-hydrogen) atoms. The van der Waals surface area contributed by atoms with Crippen molar-refractivity contribution in [2.75, 3.05) is 6.61 Å². The maximum absolute atomic E-state index is 13.8. The van der Waals surface area contributed by atoms with Crippen molar-refractivity contribution in [3.63, 3.8) is 0 Å². The minimum Gasteiger partial charge on any atom is -0.444 e. The number of ether oxygens (including phenoxy) is 4. The Kier molecular flexibility index (Phi) is 7.45. The molecule has 0 saturated carbocycles. The third-order valence-electron chi connectivity index (χ3n) is 6.05. The Balaban J connectivity index is 1.48. The lowest BCUT2D eigenvalue weighted by Crippen LogP contribution is -2.51. The Morgan fingerprint density at radius 1 is 1.29 bits per heavy atom. The number of amides is 1. The van der Waals surface area contributed by atoms with Gasteiger partial charge >= 0.3 is 6.09 Å². The number of alkyl carbamates (subject to hydrolysis) is 1. The van der Waals surface area contributed by atoms with Crippen LogP contribution in [0.2, 0.25) is 0 Å². The Hall–Kier alpha value is -2.55. The number of aromatic nitrogens is 1. The lowest BCUT2D eigenvalue weighted by atomic mass is 9.94. The average Bonchev–Trinajstić information content (AvgIpc) is 3.10. The van der Waals surface area contributed by atoms with Gasteiger partial charge < -0.3 is 24.3 Å². The predicted octanol–water partition coefficient (Wildman–Crippen LogP) is 5.37. The maximum atomic E-state index is 13.8. The van der Waals surface area contributed by atoms with Gasteiger partial charge in [0.05, 0.1) is 36.5 Å². The third kappa shape index (κ3) is 6.99. The summed E-state index contributed by atoms with van der Waals surface area (Å²) in [7, 11) is 0. The molecule has 0 bridgehead atoms. The van der Waals surface area contributed by atoms with Crippen molar-refractivity contribution in [1.82, 2.24) is 10.3 Å². The molecule has 4 atom stereocenters. The van der Waals surface area contributed by atoms with E-state index in [-0.39, 0.29) is 30.2 Å². The molecule has 4 rings (SSSR count). The summed E-state index contributed by atoms with van der Waals surface area (Å²) in [5.41, 5.74) is 1.02. The minimum atomic E-state index is -0.635. The molecule has 2 aliphatic heterocycles. The highest BCUT2D eigenvalue weighted by Gasteiger charge is 2.39. The van der Waals surface area contributed by atoms with Crippen LogP contribution in [0.5, 0.6) is 0 Å². The van der Waals surface area contributed by atoms with E-state index in [4.69, 9.17) is 18.9 Å². The molecule has 3 heterocycles. The van der Waals surface area contributed by atoms with Crippen molar-refractivity contribution in [3.05, 3.63) is 47.9 Å². The Morgan fingerprint density at radius 3 is 2.80 bits per heavy atom. The van der Waals surface area contributed by atoms with Gasteiger partial charge in [-0.2, -0.15) is 0 Å². The molecule has 2 aromatic rings. The first-order chi connectivity index (χ1) is 16.5. The first-order valence-electron chi connectivity index (χ1n) is 12.2. The van der Waals surface area contributed by atoms with Crippen LogP contribution < -0.4 is 5.32 Å². The van der Waals surface area contributed by atoms with Gasteiger partial charge in [0.1, 0.15) is 11.4 Å². The maximum Gasteiger partial charge on any atom is 0.407 e. The summed E-state index contributed by atoms with van der Waals surface area (Å²) in [5.74, 6) is -0.934. The fourth-order valence-electron chi connectivity index (χ4n) is 4.54. The number of carbonyl (C=O) groups excluding carboxylic acids is 1. The van der Waals surface area contributed by atoms with Gasteiger partial charge in [0.2, 0.25) is 0 Å². The van der Waals surface area contributed by atoms with E-state index in [9.17, 15) is 9.18 Å². The van der Waals surface area contributed by atoms with Crippen LogP contribution in [0.25, 0.3) is 17.0 Å². The van der Waals surface area contributed by atoms with E-state index in [1.807, 2.05) is 52.8 Å². The monoisotopic (exact) mass is 486 g/mol. The lowest BCUT2D eigenvalue weighted by Gasteiger charge is -2.37. The van der Waals surface area contributed by atoms with E-state index in [0.29, 0.717) is 13.0 Å². The third-order valence-corrected chi connectivity index (χ3v) is 6.05. The van der Waals surface area contributed by atoms with E-state index in [1.54, 1.807) is 12.3 Å². The topological polar surface area (TPSA) is 78.9 Å². The molecule has 2 fully saturated rings. The molecule has 1 aromatic heterocycles. The average molecular weight is 487 g/mol. The molecule has 0 spiro atoms. The van der Waals surface area contributed by atoms with E-state index >= 15 is 0 Å². The van der Waals surface area contributed by atoms with Gasteiger partial charge in [-0.25, -0.2) is 9.18 Å². The highest BCUT2D eigenvalue weighted by molar-refractivity contribution is 5.87. The first-order valence-corrected chi connectivity index (χ1v) is 12.2. The molecular weight excluding hydrogens is 451 g/mol. The van der Waals surface area contributed by atoms with Crippen molar-refractivity contribution < 1.29 is 28.1 Å². The zero-order valence-corrected chi connectivity index (χ0v) is 21.0. The lowest BCUT2D eigenvalue weighted by molar-refractivity contribution is -0.146. The fraction of sp³-hybridized carbons (Fsp3) is 0.556.